The lowest BCUT2D eigenvalue weighted by atomic mass is 10.4. The van der Waals surface area contributed by atoms with Crippen molar-refractivity contribution >= 4 is 24.7 Å². The van der Waals surface area contributed by atoms with Gasteiger partial charge in [0.15, 0.2) is 5.52 Å². The van der Waals surface area contributed by atoms with Gasteiger partial charge >= 0.3 is 7.60 Å². The van der Waals surface area contributed by atoms with E-state index in [0.717, 1.165) is 0 Å². The van der Waals surface area contributed by atoms with E-state index < -0.39 is 13.7 Å². The molecule has 0 aliphatic rings. The molecule has 0 aliphatic heterocycles. The van der Waals surface area contributed by atoms with Crippen LogP contribution in [-0.4, -0.2) is 70.8 Å². The lowest BCUT2D eigenvalue weighted by molar-refractivity contribution is -0.0158. The lowest BCUT2D eigenvalue weighted by Crippen LogP contribution is -2.28. The predicted molar refractivity (Wildman–Crippen MR) is 95.4 cm³/mol. The third kappa shape index (κ3) is 5.75. The summed E-state index contributed by atoms with van der Waals surface area (Å²) < 4.78 is 34.0. The highest BCUT2D eigenvalue weighted by molar-refractivity contribution is 7.53. The van der Waals surface area contributed by atoms with Crippen LogP contribution in [0, 0.1) is 0 Å². The number of hydrogen-bond acceptors (Lipinski definition) is 11. The molecule has 2 rings (SSSR count). The van der Waals surface area contributed by atoms with E-state index in [4.69, 9.17) is 29.1 Å². The van der Waals surface area contributed by atoms with Gasteiger partial charge in [-0.25, -0.2) is 4.98 Å². The van der Waals surface area contributed by atoms with Crippen molar-refractivity contribution in [3.63, 3.8) is 0 Å². The zero-order valence-electron chi connectivity index (χ0n) is 15.4. The minimum Gasteiger partial charge on any atom is -0.479 e. The number of anilines is 1. The SMILES string of the molecule is CCOP(=O)(COCC(O)COn1cnc2c(OC)nc(N)nc21)OCC. The van der Waals surface area contributed by atoms with Gasteiger partial charge in [0.05, 0.1) is 26.9 Å². The van der Waals surface area contributed by atoms with Crippen LogP contribution in [0.4, 0.5) is 5.95 Å². The van der Waals surface area contributed by atoms with E-state index in [0.29, 0.717) is 11.2 Å². The first-order chi connectivity index (χ1) is 12.9. The number of imidazole rings is 1. The smallest absolute Gasteiger partial charge is 0.356 e. The Bertz CT molecular complexity index is 777. The fraction of sp³-hybridized carbons (Fsp3) is 0.643. The van der Waals surface area contributed by atoms with Gasteiger partial charge in [0.1, 0.15) is 25.4 Å². The van der Waals surface area contributed by atoms with Crippen molar-refractivity contribution in [3.05, 3.63) is 6.33 Å². The van der Waals surface area contributed by atoms with Crippen molar-refractivity contribution in [2.75, 3.05) is 45.6 Å². The number of methoxy groups -OCH3 is 1. The van der Waals surface area contributed by atoms with Crippen LogP contribution in [0.2, 0.25) is 0 Å². The maximum Gasteiger partial charge on any atom is 0.356 e. The van der Waals surface area contributed by atoms with Crippen LogP contribution in [0.3, 0.4) is 0 Å². The first kappa shape index (κ1) is 21.3. The molecule has 0 fully saturated rings. The number of nitrogens with zero attached hydrogens (tertiary/aromatic N) is 4. The number of nitrogens with two attached hydrogens (primary N) is 1. The van der Waals surface area contributed by atoms with E-state index in [1.807, 2.05) is 0 Å². The van der Waals surface area contributed by atoms with Gasteiger partial charge in [0, 0.05) is 0 Å². The molecule has 27 heavy (non-hydrogen) atoms. The van der Waals surface area contributed by atoms with Gasteiger partial charge in [0.25, 0.3) is 0 Å². The maximum atomic E-state index is 12.2. The Morgan fingerprint density at radius 3 is 2.59 bits per heavy atom. The predicted octanol–water partition coefficient (Wildman–Crippen LogP) is 0.447. The van der Waals surface area contributed by atoms with E-state index in [9.17, 15) is 9.67 Å². The lowest BCUT2D eigenvalue weighted by Gasteiger charge is -2.18. The minimum atomic E-state index is -3.32. The van der Waals surface area contributed by atoms with Crippen molar-refractivity contribution < 1.29 is 33.0 Å². The van der Waals surface area contributed by atoms with Crippen molar-refractivity contribution in [2.45, 2.75) is 20.0 Å². The van der Waals surface area contributed by atoms with Gasteiger partial charge in [-0.1, -0.05) is 0 Å². The summed E-state index contributed by atoms with van der Waals surface area (Å²) >= 11 is 0. The number of fused-ring (bicyclic) bond motifs is 1. The van der Waals surface area contributed by atoms with Crippen LogP contribution in [-0.2, 0) is 18.3 Å². The van der Waals surface area contributed by atoms with E-state index >= 15 is 0 Å². The molecule has 0 aliphatic carbocycles. The summed E-state index contributed by atoms with van der Waals surface area (Å²) in [4.78, 5) is 17.5. The zero-order chi connectivity index (χ0) is 19.9. The Morgan fingerprint density at radius 1 is 1.26 bits per heavy atom. The Kier molecular flexibility index (Phi) is 7.75. The molecular formula is C14H24N5O7P. The molecule has 0 aromatic carbocycles. The summed E-state index contributed by atoms with van der Waals surface area (Å²) in [6, 6.07) is 0. The fourth-order valence-electron chi connectivity index (χ4n) is 2.13. The van der Waals surface area contributed by atoms with E-state index in [-0.39, 0.29) is 44.6 Å². The van der Waals surface area contributed by atoms with Crippen molar-refractivity contribution in [2.24, 2.45) is 0 Å². The molecule has 0 saturated heterocycles. The number of rotatable bonds is 12. The van der Waals surface area contributed by atoms with Crippen molar-refractivity contribution in [1.29, 1.82) is 0 Å². The monoisotopic (exact) mass is 405 g/mol. The molecule has 2 heterocycles. The quantitative estimate of drug-likeness (QED) is 0.473. The van der Waals surface area contributed by atoms with Gasteiger partial charge in [-0.2, -0.15) is 14.7 Å². The molecule has 0 amide bonds. The molecule has 1 atom stereocenters. The molecule has 0 spiro atoms. The Balaban J connectivity index is 1.89. The van der Waals surface area contributed by atoms with Crippen LogP contribution in [0.25, 0.3) is 11.2 Å². The van der Waals surface area contributed by atoms with Crippen LogP contribution < -0.4 is 15.3 Å². The highest BCUT2D eigenvalue weighted by Gasteiger charge is 2.24. The fourth-order valence-corrected chi connectivity index (χ4v) is 3.47. The molecule has 2 aromatic heterocycles. The third-order valence-electron chi connectivity index (χ3n) is 3.16. The second kappa shape index (κ2) is 9.81. The molecule has 152 valence electrons. The van der Waals surface area contributed by atoms with E-state index in [1.165, 1.54) is 18.2 Å². The Labute approximate surface area is 156 Å². The highest BCUT2D eigenvalue weighted by atomic mass is 31.2. The molecule has 2 aromatic rings. The molecule has 3 N–H and O–H groups in total. The summed E-state index contributed by atoms with van der Waals surface area (Å²) in [5.74, 6) is 0.211. The summed E-state index contributed by atoms with van der Waals surface area (Å²) in [6.45, 7) is 3.61. The van der Waals surface area contributed by atoms with E-state index in [1.54, 1.807) is 13.8 Å². The average molecular weight is 405 g/mol. The molecule has 12 nitrogen and oxygen atoms in total. The number of aliphatic hydroxyl groups is 1. The number of nitrogen functional groups attached to an aromatic ring is 1. The Hall–Kier alpha value is -1.98. The van der Waals surface area contributed by atoms with Gasteiger partial charge < -0.3 is 34.2 Å². The molecular weight excluding hydrogens is 381 g/mol. The van der Waals surface area contributed by atoms with Crippen LogP contribution >= 0.6 is 7.60 Å². The normalized spacial score (nSPS) is 13.0. The second-order valence-corrected chi connectivity index (χ2v) is 7.23. The van der Waals surface area contributed by atoms with Gasteiger partial charge in [0.2, 0.25) is 17.5 Å². The van der Waals surface area contributed by atoms with E-state index in [2.05, 4.69) is 15.0 Å². The molecule has 0 radical (unpaired) electrons. The molecule has 0 saturated carbocycles. The molecule has 0 bridgehead atoms. The summed E-state index contributed by atoms with van der Waals surface area (Å²) in [5, 5.41) is 9.99. The largest absolute Gasteiger partial charge is 0.479 e. The van der Waals surface area contributed by atoms with Gasteiger partial charge in [-0.3, -0.25) is 4.57 Å². The molecule has 1 unspecified atom stereocenters. The number of aromatic nitrogens is 4. The minimum absolute atomic E-state index is 0.00353. The number of hydrogen-bond donors (Lipinski definition) is 2. The van der Waals surface area contributed by atoms with Gasteiger partial charge in [-0.15, -0.1) is 0 Å². The van der Waals surface area contributed by atoms with Gasteiger partial charge in [-0.05, 0) is 13.8 Å². The zero-order valence-corrected chi connectivity index (χ0v) is 16.3. The summed E-state index contributed by atoms with van der Waals surface area (Å²) in [7, 11) is -1.89. The topological polar surface area (TPSA) is 153 Å². The average Bonchev–Trinajstić information content (AvgIpc) is 3.02. The summed E-state index contributed by atoms with van der Waals surface area (Å²) in [5.41, 5.74) is 6.28. The number of aliphatic hydroxyl groups excluding tert-OH is 1. The third-order valence-corrected chi connectivity index (χ3v) is 4.96. The van der Waals surface area contributed by atoms with Crippen molar-refractivity contribution in [1.82, 2.24) is 19.7 Å². The van der Waals surface area contributed by atoms with Crippen LogP contribution in [0.1, 0.15) is 13.8 Å². The Morgan fingerprint density at radius 2 is 1.96 bits per heavy atom. The summed E-state index contributed by atoms with van der Waals surface area (Å²) in [6.07, 6.45) is 0.0914. The first-order valence-corrected chi connectivity index (χ1v) is 9.97. The number of ether oxygens (including phenoxy) is 2. The standard InChI is InChI=1S/C14H24N5O7P/c1-4-25-27(21,26-5-2)9-23-6-10(20)7-24-19-8-16-11-12(19)17-14(15)18-13(11)22-3/h8,10,20H,4-7,9H2,1-3H3,(H2,15,17,18). The first-order valence-electron chi connectivity index (χ1n) is 8.24. The molecule has 13 heteroatoms. The maximum absolute atomic E-state index is 12.2. The van der Waals surface area contributed by atoms with Crippen molar-refractivity contribution in [3.8, 4) is 5.88 Å². The van der Waals surface area contributed by atoms with Crippen LogP contribution in [0.5, 0.6) is 5.88 Å². The van der Waals surface area contributed by atoms with Crippen LogP contribution in [0.15, 0.2) is 6.33 Å². The second-order valence-electron chi connectivity index (χ2n) is 5.23. The highest BCUT2D eigenvalue weighted by Crippen LogP contribution is 2.47.